The first-order chi connectivity index (χ1) is 9.50. The number of hydrogen-bond acceptors (Lipinski definition) is 2. The second kappa shape index (κ2) is 8.98. The minimum Gasteiger partial charge on any atom is -0.356 e. The molecular weight excluding hydrogens is 252 g/mol. The minimum absolute atomic E-state index is 0.0627. The van der Waals surface area contributed by atoms with Gasteiger partial charge in [0, 0.05) is 32.5 Å². The average molecular weight is 282 g/mol. The van der Waals surface area contributed by atoms with Crippen LogP contribution < -0.4 is 5.32 Å². The van der Waals surface area contributed by atoms with Crippen LogP contribution in [-0.4, -0.2) is 35.8 Å². The van der Waals surface area contributed by atoms with Crippen molar-refractivity contribution in [1.29, 1.82) is 0 Å². The summed E-state index contributed by atoms with van der Waals surface area (Å²) < 4.78 is 0. The fourth-order valence-corrected chi connectivity index (χ4v) is 2.80. The van der Waals surface area contributed by atoms with E-state index in [0.29, 0.717) is 24.9 Å². The molecule has 4 heteroatoms. The molecule has 4 nitrogen and oxygen atoms in total. The van der Waals surface area contributed by atoms with Crippen LogP contribution in [0.25, 0.3) is 0 Å². The van der Waals surface area contributed by atoms with Gasteiger partial charge in [-0.05, 0) is 25.2 Å². The lowest BCUT2D eigenvalue weighted by molar-refractivity contribution is -0.132. The van der Waals surface area contributed by atoms with Gasteiger partial charge in [-0.1, -0.05) is 33.1 Å². The molecule has 0 heterocycles. The van der Waals surface area contributed by atoms with Crippen LogP contribution in [0.3, 0.4) is 0 Å². The van der Waals surface area contributed by atoms with Crippen LogP contribution in [0.15, 0.2) is 0 Å². The lowest BCUT2D eigenvalue weighted by Crippen LogP contribution is -2.42. The van der Waals surface area contributed by atoms with Crippen molar-refractivity contribution in [3.05, 3.63) is 0 Å². The quantitative estimate of drug-likeness (QED) is 0.780. The molecule has 0 saturated heterocycles. The minimum atomic E-state index is 0.0627. The second-order valence-electron chi connectivity index (χ2n) is 6.29. The Kier molecular flexibility index (Phi) is 7.63. The zero-order chi connectivity index (χ0) is 15.0. The molecule has 0 bridgehead atoms. The number of rotatable bonds is 7. The van der Waals surface area contributed by atoms with E-state index < -0.39 is 0 Å². The van der Waals surface area contributed by atoms with E-state index in [1.165, 1.54) is 19.3 Å². The average Bonchev–Trinajstić information content (AvgIpc) is 2.39. The molecule has 0 aromatic heterocycles. The number of carbonyl (C=O) groups is 2. The van der Waals surface area contributed by atoms with Gasteiger partial charge in [0.1, 0.15) is 0 Å². The van der Waals surface area contributed by atoms with E-state index in [4.69, 9.17) is 0 Å². The first kappa shape index (κ1) is 17.0. The molecule has 0 aliphatic heterocycles. The van der Waals surface area contributed by atoms with Gasteiger partial charge in [0.25, 0.3) is 0 Å². The Balaban J connectivity index is 2.31. The standard InChI is InChI=1S/C16H30N2O2/c1-13(2)9-11-17-16(20)10-12-18(14(3)19)15-7-5-4-6-8-15/h13,15H,4-12H2,1-3H3,(H,17,20). The molecule has 1 N–H and O–H groups in total. The predicted octanol–water partition coefficient (Wildman–Crippen LogP) is 2.72. The molecule has 1 saturated carbocycles. The zero-order valence-corrected chi connectivity index (χ0v) is 13.3. The summed E-state index contributed by atoms with van der Waals surface area (Å²) in [6.07, 6.45) is 7.30. The summed E-state index contributed by atoms with van der Waals surface area (Å²) in [5.41, 5.74) is 0. The monoisotopic (exact) mass is 282 g/mol. The Morgan fingerprint density at radius 1 is 1.20 bits per heavy atom. The first-order valence-corrected chi connectivity index (χ1v) is 8.04. The maximum Gasteiger partial charge on any atom is 0.221 e. The van der Waals surface area contributed by atoms with Gasteiger partial charge in [-0.3, -0.25) is 9.59 Å². The Morgan fingerprint density at radius 2 is 1.85 bits per heavy atom. The number of nitrogens with zero attached hydrogens (tertiary/aromatic N) is 1. The van der Waals surface area contributed by atoms with Gasteiger partial charge in [0.15, 0.2) is 0 Å². The highest BCUT2D eigenvalue weighted by Gasteiger charge is 2.23. The van der Waals surface area contributed by atoms with Gasteiger partial charge in [0.05, 0.1) is 0 Å². The van der Waals surface area contributed by atoms with Crippen molar-refractivity contribution in [1.82, 2.24) is 10.2 Å². The smallest absolute Gasteiger partial charge is 0.221 e. The van der Waals surface area contributed by atoms with E-state index in [1.807, 2.05) is 4.90 Å². The summed E-state index contributed by atoms with van der Waals surface area (Å²) in [6, 6.07) is 0.352. The van der Waals surface area contributed by atoms with Gasteiger partial charge >= 0.3 is 0 Å². The number of carbonyl (C=O) groups excluding carboxylic acids is 2. The molecule has 0 atom stereocenters. The fraction of sp³-hybridized carbons (Fsp3) is 0.875. The van der Waals surface area contributed by atoms with Crippen LogP contribution in [0.2, 0.25) is 0 Å². The molecule has 1 aliphatic rings. The highest BCUT2D eigenvalue weighted by Crippen LogP contribution is 2.22. The van der Waals surface area contributed by atoms with Crippen molar-refractivity contribution >= 4 is 11.8 Å². The van der Waals surface area contributed by atoms with Crippen molar-refractivity contribution in [3.8, 4) is 0 Å². The summed E-state index contributed by atoms with van der Waals surface area (Å²) in [4.78, 5) is 25.4. The normalized spacial score (nSPS) is 16.2. The van der Waals surface area contributed by atoms with E-state index in [9.17, 15) is 9.59 Å². The molecule has 20 heavy (non-hydrogen) atoms. The van der Waals surface area contributed by atoms with Crippen molar-refractivity contribution in [2.45, 2.75) is 71.8 Å². The number of nitrogens with one attached hydrogen (secondary N) is 1. The fourth-order valence-electron chi connectivity index (χ4n) is 2.80. The molecule has 0 radical (unpaired) electrons. The van der Waals surface area contributed by atoms with Gasteiger partial charge in [-0.15, -0.1) is 0 Å². The van der Waals surface area contributed by atoms with E-state index in [1.54, 1.807) is 6.92 Å². The van der Waals surface area contributed by atoms with Gasteiger partial charge in [-0.2, -0.15) is 0 Å². The van der Waals surface area contributed by atoms with E-state index in [-0.39, 0.29) is 11.8 Å². The highest BCUT2D eigenvalue weighted by atomic mass is 16.2. The third kappa shape index (κ3) is 6.40. The SMILES string of the molecule is CC(=O)N(CCC(=O)NCCC(C)C)C1CCCCC1. The predicted molar refractivity (Wildman–Crippen MR) is 81.3 cm³/mol. The summed E-state index contributed by atoms with van der Waals surface area (Å²) >= 11 is 0. The van der Waals surface area contributed by atoms with Gasteiger partial charge in [0.2, 0.25) is 11.8 Å². The zero-order valence-electron chi connectivity index (χ0n) is 13.3. The van der Waals surface area contributed by atoms with Crippen molar-refractivity contribution in [3.63, 3.8) is 0 Å². The van der Waals surface area contributed by atoms with Crippen molar-refractivity contribution in [2.75, 3.05) is 13.1 Å². The molecule has 0 aromatic carbocycles. The maximum atomic E-state index is 11.8. The molecule has 116 valence electrons. The molecule has 1 fully saturated rings. The third-order valence-electron chi connectivity index (χ3n) is 4.04. The van der Waals surface area contributed by atoms with E-state index in [0.717, 1.165) is 25.8 Å². The summed E-state index contributed by atoms with van der Waals surface area (Å²) in [5, 5.41) is 2.93. The lowest BCUT2D eigenvalue weighted by atomic mass is 9.94. The largest absolute Gasteiger partial charge is 0.356 e. The van der Waals surface area contributed by atoms with E-state index in [2.05, 4.69) is 19.2 Å². The summed E-state index contributed by atoms with van der Waals surface area (Å²) in [6.45, 7) is 7.21. The molecule has 1 rings (SSSR count). The molecule has 2 amide bonds. The van der Waals surface area contributed by atoms with Crippen LogP contribution in [0.5, 0.6) is 0 Å². The molecule has 1 aliphatic carbocycles. The second-order valence-corrected chi connectivity index (χ2v) is 6.29. The number of hydrogen-bond donors (Lipinski definition) is 1. The molecular formula is C16H30N2O2. The Morgan fingerprint density at radius 3 is 2.40 bits per heavy atom. The van der Waals surface area contributed by atoms with Gasteiger partial charge in [-0.25, -0.2) is 0 Å². The van der Waals surface area contributed by atoms with E-state index >= 15 is 0 Å². The Bertz CT molecular complexity index is 310. The molecule has 0 unspecified atom stereocenters. The maximum absolute atomic E-state index is 11.8. The molecule has 0 spiro atoms. The van der Waals surface area contributed by atoms with Crippen LogP contribution in [0, 0.1) is 5.92 Å². The Labute approximate surface area is 123 Å². The van der Waals surface area contributed by atoms with Crippen molar-refractivity contribution in [2.24, 2.45) is 5.92 Å². The topological polar surface area (TPSA) is 49.4 Å². The van der Waals surface area contributed by atoms with Crippen LogP contribution in [-0.2, 0) is 9.59 Å². The first-order valence-electron chi connectivity index (χ1n) is 8.04. The lowest BCUT2D eigenvalue weighted by Gasteiger charge is -2.33. The van der Waals surface area contributed by atoms with Crippen LogP contribution in [0.1, 0.15) is 65.7 Å². The van der Waals surface area contributed by atoms with Crippen LogP contribution >= 0.6 is 0 Å². The Hall–Kier alpha value is -1.06. The van der Waals surface area contributed by atoms with Crippen molar-refractivity contribution < 1.29 is 9.59 Å². The highest BCUT2D eigenvalue weighted by molar-refractivity contribution is 5.78. The summed E-state index contributed by atoms with van der Waals surface area (Å²) in [5.74, 6) is 0.769. The van der Waals surface area contributed by atoms with Crippen LogP contribution in [0.4, 0.5) is 0 Å². The summed E-state index contributed by atoms with van der Waals surface area (Å²) in [7, 11) is 0. The number of amides is 2. The third-order valence-corrected chi connectivity index (χ3v) is 4.04. The van der Waals surface area contributed by atoms with Gasteiger partial charge < -0.3 is 10.2 Å². The molecule has 0 aromatic rings.